The summed E-state index contributed by atoms with van der Waals surface area (Å²) in [5.41, 5.74) is 2.86. The molecule has 0 spiro atoms. The molecule has 0 heterocycles. The number of hydrogen-bond acceptors (Lipinski definition) is 2. The Hall–Kier alpha value is -1.98. The van der Waals surface area contributed by atoms with E-state index in [2.05, 4.69) is 35.7 Å². The first-order valence-electron chi connectivity index (χ1n) is 6.77. The van der Waals surface area contributed by atoms with Crippen molar-refractivity contribution in [3.05, 3.63) is 64.7 Å². The van der Waals surface area contributed by atoms with Crippen LogP contribution in [0.1, 0.15) is 24.0 Å². The molecule has 0 atom stereocenters. The Balaban J connectivity index is 1.71. The number of halogens is 1. The lowest BCUT2D eigenvalue weighted by Crippen LogP contribution is -2.02. The maximum absolute atomic E-state index is 8.81. The molecule has 0 aliphatic heterocycles. The smallest absolute Gasteiger partial charge is 0.101 e. The van der Waals surface area contributed by atoms with Crippen LogP contribution in [0, 0.1) is 11.3 Å². The fourth-order valence-corrected chi connectivity index (χ4v) is 2.27. The van der Waals surface area contributed by atoms with Gasteiger partial charge in [0.15, 0.2) is 0 Å². The molecule has 2 aromatic carbocycles. The van der Waals surface area contributed by atoms with Gasteiger partial charge in [0.05, 0.1) is 10.6 Å². The van der Waals surface area contributed by atoms with Crippen molar-refractivity contribution >= 4 is 17.3 Å². The Morgan fingerprint density at radius 2 is 1.85 bits per heavy atom. The number of anilines is 1. The van der Waals surface area contributed by atoms with Crippen LogP contribution < -0.4 is 5.32 Å². The van der Waals surface area contributed by atoms with E-state index in [9.17, 15) is 0 Å². The van der Waals surface area contributed by atoms with Crippen LogP contribution in [0.3, 0.4) is 0 Å². The van der Waals surface area contributed by atoms with E-state index in [1.54, 1.807) is 12.1 Å². The van der Waals surface area contributed by atoms with Crippen LogP contribution in [0.5, 0.6) is 0 Å². The standard InChI is InChI=1S/C17H17ClN2/c18-17-12-16(10-9-15(17)13-19)20-11-5-4-8-14-6-2-1-3-7-14/h1-3,6-7,9-10,12,20H,4-5,8,11H2. The number of nitriles is 1. The zero-order valence-corrected chi connectivity index (χ0v) is 12.0. The molecule has 0 aromatic heterocycles. The summed E-state index contributed by atoms with van der Waals surface area (Å²) >= 11 is 5.99. The van der Waals surface area contributed by atoms with E-state index in [0.717, 1.165) is 31.5 Å². The third-order valence-electron chi connectivity index (χ3n) is 3.15. The van der Waals surface area contributed by atoms with Gasteiger partial charge in [-0.25, -0.2) is 0 Å². The Morgan fingerprint density at radius 1 is 1.05 bits per heavy atom. The summed E-state index contributed by atoms with van der Waals surface area (Å²) < 4.78 is 0. The minimum absolute atomic E-state index is 0.502. The van der Waals surface area contributed by atoms with Gasteiger partial charge in [0.2, 0.25) is 0 Å². The summed E-state index contributed by atoms with van der Waals surface area (Å²) in [5, 5.41) is 12.6. The van der Waals surface area contributed by atoms with Gasteiger partial charge in [0.1, 0.15) is 6.07 Å². The van der Waals surface area contributed by atoms with Crippen molar-refractivity contribution in [3.8, 4) is 6.07 Å². The first-order valence-corrected chi connectivity index (χ1v) is 7.15. The molecule has 2 aromatic rings. The molecular formula is C17H17ClN2. The molecule has 2 nitrogen and oxygen atoms in total. The van der Waals surface area contributed by atoms with Crippen molar-refractivity contribution in [2.45, 2.75) is 19.3 Å². The van der Waals surface area contributed by atoms with Crippen LogP contribution in [-0.2, 0) is 6.42 Å². The summed E-state index contributed by atoms with van der Waals surface area (Å²) in [6.07, 6.45) is 3.37. The van der Waals surface area contributed by atoms with Crippen LogP contribution in [0.2, 0.25) is 5.02 Å². The van der Waals surface area contributed by atoms with Crippen LogP contribution in [0.25, 0.3) is 0 Å². The summed E-state index contributed by atoms with van der Waals surface area (Å²) in [6.45, 7) is 0.912. The first-order chi connectivity index (χ1) is 9.79. The summed E-state index contributed by atoms with van der Waals surface area (Å²) in [6, 6.07) is 18.0. The molecule has 0 aliphatic rings. The van der Waals surface area contributed by atoms with E-state index < -0.39 is 0 Å². The highest BCUT2D eigenvalue weighted by atomic mass is 35.5. The molecule has 0 aliphatic carbocycles. The third-order valence-corrected chi connectivity index (χ3v) is 3.47. The van der Waals surface area contributed by atoms with Gasteiger partial charge in [0, 0.05) is 12.2 Å². The Kier molecular flexibility index (Phi) is 5.46. The number of benzene rings is 2. The number of unbranched alkanes of at least 4 members (excludes halogenated alkanes) is 1. The fourth-order valence-electron chi connectivity index (χ4n) is 2.05. The summed E-state index contributed by atoms with van der Waals surface area (Å²) in [5.74, 6) is 0. The van der Waals surface area contributed by atoms with Crippen LogP contribution in [0.4, 0.5) is 5.69 Å². The van der Waals surface area contributed by atoms with Crippen molar-refractivity contribution in [1.82, 2.24) is 0 Å². The van der Waals surface area contributed by atoms with E-state index in [4.69, 9.17) is 16.9 Å². The minimum atomic E-state index is 0.502. The van der Waals surface area contributed by atoms with Crippen molar-refractivity contribution in [2.75, 3.05) is 11.9 Å². The van der Waals surface area contributed by atoms with Gasteiger partial charge in [-0.1, -0.05) is 41.9 Å². The monoisotopic (exact) mass is 284 g/mol. The van der Waals surface area contributed by atoms with Gasteiger partial charge < -0.3 is 5.32 Å². The second kappa shape index (κ2) is 7.57. The molecular weight excluding hydrogens is 268 g/mol. The number of nitrogens with zero attached hydrogens (tertiary/aromatic N) is 1. The van der Waals surface area contributed by atoms with Crippen LogP contribution >= 0.6 is 11.6 Å². The molecule has 0 unspecified atom stereocenters. The van der Waals surface area contributed by atoms with E-state index in [1.807, 2.05) is 12.1 Å². The fraction of sp³-hybridized carbons (Fsp3) is 0.235. The van der Waals surface area contributed by atoms with Crippen molar-refractivity contribution in [1.29, 1.82) is 5.26 Å². The number of nitrogens with one attached hydrogen (secondary N) is 1. The highest BCUT2D eigenvalue weighted by Gasteiger charge is 2.00. The predicted molar refractivity (Wildman–Crippen MR) is 84.0 cm³/mol. The Labute approximate surface area is 125 Å². The molecule has 0 amide bonds. The molecule has 20 heavy (non-hydrogen) atoms. The van der Waals surface area contributed by atoms with Gasteiger partial charge in [-0.05, 0) is 43.0 Å². The minimum Gasteiger partial charge on any atom is -0.385 e. The quantitative estimate of drug-likeness (QED) is 0.784. The lowest BCUT2D eigenvalue weighted by molar-refractivity contribution is 0.763. The Morgan fingerprint density at radius 3 is 2.55 bits per heavy atom. The largest absolute Gasteiger partial charge is 0.385 e. The van der Waals surface area contributed by atoms with E-state index in [-0.39, 0.29) is 0 Å². The maximum atomic E-state index is 8.81. The normalized spacial score (nSPS) is 10.0. The van der Waals surface area contributed by atoms with Gasteiger partial charge in [-0.3, -0.25) is 0 Å². The summed E-state index contributed by atoms with van der Waals surface area (Å²) in [4.78, 5) is 0. The molecule has 0 saturated heterocycles. The lowest BCUT2D eigenvalue weighted by atomic mass is 10.1. The summed E-state index contributed by atoms with van der Waals surface area (Å²) in [7, 11) is 0. The highest BCUT2D eigenvalue weighted by molar-refractivity contribution is 6.32. The molecule has 102 valence electrons. The van der Waals surface area contributed by atoms with Crippen molar-refractivity contribution < 1.29 is 0 Å². The van der Waals surface area contributed by atoms with E-state index in [1.165, 1.54) is 5.56 Å². The third kappa shape index (κ3) is 4.29. The molecule has 2 rings (SSSR count). The van der Waals surface area contributed by atoms with Crippen LogP contribution in [0.15, 0.2) is 48.5 Å². The van der Waals surface area contributed by atoms with Gasteiger partial charge in [-0.15, -0.1) is 0 Å². The SMILES string of the molecule is N#Cc1ccc(NCCCCc2ccccc2)cc1Cl. The van der Waals surface area contributed by atoms with Gasteiger partial charge in [-0.2, -0.15) is 5.26 Å². The second-order valence-electron chi connectivity index (χ2n) is 4.68. The first kappa shape index (κ1) is 14.4. The topological polar surface area (TPSA) is 35.8 Å². The zero-order chi connectivity index (χ0) is 14.2. The zero-order valence-electron chi connectivity index (χ0n) is 11.3. The van der Waals surface area contributed by atoms with E-state index >= 15 is 0 Å². The van der Waals surface area contributed by atoms with Crippen molar-refractivity contribution in [2.24, 2.45) is 0 Å². The van der Waals surface area contributed by atoms with Gasteiger partial charge in [0.25, 0.3) is 0 Å². The molecule has 1 N–H and O–H groups in total. The van der Waals surface area contributed by atoms with E-state index in [0.29, 0.717) is 10.6 Å². The molecule has 0 radical (unpaired) electrons. The number of hydrogen-bond donors (Lipinski definition) is 1. The molecule has 3 heteroatoms. The molecule has 0 bridgehead atoms. The average molecular weight is 285 g/mol. The lowest BCUT2D eigenvalue weighted by Gasteiger charge is -2.07. The van der Waals surface area contributed by atoms with Crippen LogP contribution in [-0.4, -0.2) is 6.54 Å². The predicted octanol–water partition coefficient (Wildman–Crippen LogP) is 4.65. The van der Waals surface area contributed by atoms with Gasteiger partial charge >= 0.3 is 0 Å². The average Bonchev–Trinajstić information content (AvgIpc) is 2.48. The number of aryl methyl sites for hydroxylation is 1. The van der Waals surface area contributed by atoms with Crippen molar-refractivity contribution in [3.63, 3.8) is 0 Å². The second-order valence-corrected chi connectivity index (χ2v) is 5.08. The maximum Gasteiger partial charge on any atom is 0.101 e. The Bertz CT molecular complexity index is 588. The number of rotatable bonds is 6. The highest BCUT2D eigenvalue weighted by Crippen LogP contribution is 2.20. The molecule has 0 saturated carbocycles. The molecule has 0 fully saturated rings.